The quantitative estimate of drug-likeness (QED) is 0.553. The summed E-state index contributed by atoms with van der Waals surface area (Å²) in [5.41, 5.74) is 4.92. The largest absolute Gasteiger partial charge is 0.480 e. The fourth-order valence-corrected chi connectivity index (χ4v) is 1.59. The summed E-state index contributed by atoms with van der Waals surface area (Å²) >= 11 is 0. The highest BCUT2D eigenvalue weighted by Crippen LogP contribution is 2.12. The molecule has 2 atom stereocenters. The average Bonchev–Trinajstić information content (AvgIpc) is 2.76. The molecule has 0 bridgehead atoms. The topological polar surface area (TPSA) is 119 Å². The van der Waals surface area contributed by atoms with Gasteiger partial charge in [0.15, 0.2) is 0 Å². The molecule has 7 heteroatoms. The fraction of sp³-hybridized carbons (Fsp3) is 0.700. The first-order valence-corrected chi connectivity index (χ1v) is 5.44. The number of carbonyl (C=O) groups excluding carboxylic acids is 2. The normalized spacial score (nSPS) is 20.8. The molecular weight excluding hydrogens is 228 g/mol. The molecule has 1 aliphatic heterocycles. The molecule has 0 radical (unpaired) electrons. The fourth-order valence-electron chi connectivity index (χ4n) is 1.59. The monoisotopic (exact) mass is 244 g/mol. The molecule has 1 fully saturated rings. The van der Waals surface area contributed by atoms with Crippen molar-refractivity contribution >= 4 is 17.8 Å². The van der Waals surface area contributed by atoms with E-state index in [0.717, 1.165) is 6.42 Å². The van der Waals surface area contributed by atoms with Crippen molar-refractivity contribution in [1.82, 2.24) is 5.32 Å². The lowest BCUT2D eigenvalue weighted by Crippen LogP contribution is -2.45. The van der Waals surface area contributed by atoms with Crippen molar-refractivity contribution in [2.24, 2.45) is 5.73 Å². The summed E-state index contributed by atoms with van der Waals surface area (Å²) in [4.78, 5) is 33.0. The molecular formula is C10H16N2O5. The maximum atomic E-state index is 11.6. The molecule has 1 rings (SSSR count). The predicted octanol–water partition coefficient (Wildman–Crippen LogP) is -1.000. The lowest BCUT2D eigenvalue weighted by molar-refractivity contribution is -0.144. The summed E-state index contributed by atoms with van der Waals surface area (Å²) in [7, 11) is 0. The first-order valence-electron chi connectivity index (χ1n) is 5.44. The van der Waals surface area contributed by atoms with Crippen molar-refractivity contribution in [3.05, 3.63) is 0 Å². The number of carbonyl (C=O) groups is 3. The van der Waals surface area contributed by atoms with E-state index in [-0.39, 0.29) is 12.8 Å². The van der Waals surface area contributed by atoms with Gasteiger partial charge >= 0.3 is 5.97 Å². The zero-order valence-corrected chi connectivity index (χ0v) is 9.35. The van der Waals surface area contributed by atoms with E-state index in [4.69, 9.17) is 15.6 Å². The Balaban J connectivity index is 2.44. The molecule has 1 saturated heterocycles. The lowest BCUT2D eigenvalue weighted by atomic mass is 10.1. The number of primary amides is 1. The molecule has 0 saturated carbocycles. The van der Waals surface area contributed by atoms with E-state index in [0.29, 0.717) is 13.0 Å². The van der Waals surface area contributed by atoms with Gasteiger partial charge in [-0.2, -0.15) is 0 Å². The van der Waals surface area contributed by atoms with Crippen LogP contribution < -0.4 is 11.1 Å². The second kappa shape index (κ2) is 6.19. The van der Waals surface area contributed by atoms with Crippen LogP contribution >= 0.6 is 0 Å². The summed E-state index contributed by atoms with van der Waals surface area (Å²) in [5.74, 6) is -2.22. The second-order valence-corrected chi connectivity index (χ2v) is 3.91. The molecule has 1 aliphatic rings. The van der Waals surface area contributed by atoms with Crippen LogP contribution in [0, 0.1) is 0 Å². The smallest absolute Gasteiger partial charge is 0.326 e. The Bertz CT molecular complexity index is 312. The van der Waals surface area contributed by atoms with Crippen LogP contribution in [0.3, 0.4) is 0 Å². The lowest BCUT2D eigenvalue weighted by Gasteiger charge is -2.16. The van der Waals surface area contributed by atoms with E-state index in [2.05, 4.69) is 5.32 Å². The van der Waals surface area contributed by atoms with Gasteiger partial charge in [-0.25, -0.2) is 4.79 Å². The van der Waals surface area contributed by atoms with E-state index in [9.17, 15) is 14.4 Å². The first-order chi connectivity index (χ1) is 8.00. The molecule has 1 heterocycles. The Labute approximate surface area is 98.3 Å². The van der Waals surface area contributed by atoms with E-state index in [1.807, 2.05) is 0 Å². The zero-order chi connectivity index (χ0) is 12.8. The van der Waals surface area contributed by atoms with Crippen molar-refractivity contribution in [3.8, 4) is 0 Å². The molecule has 0 aromatic rings. The Morgan fingerprint density at radius 2 is 2.18 bits per heavy atom. The van der Waals surface area contributed by atoms with Crippen LogP contribution in [0.25, 0.3) is 0 Å². The predicted molar refractivity (Wildman–Crippen MR) is 57.0 cm³/mol. The number of carboxylic acid groups (broad SMARTS) is 1. The van der Waals surface area contributed by atoms with Crippen molar-refractivity contribution < 1.29 is 24.2 Å². The summed E-state index contributed by atoms with van der Waals surface area (Å²) < 4.78 is 5.12. The number of carboxylic acids is 1. The minimum absolute atomic E-state index is 0.0108. The number of aliphatic carboxylic acids is 1. The van der Waals surface area contributed by atoms with Crippen molar-refractivity contribution in [2.45, 2.75) is 37.8 Å². The first kappa shape index (κ1) is 13.4. The standard InChI is InChI=1S/C10H16N2O5/c11-8(13)4-3-6(10(15)16)12-9(14)7-2-1-5-17-7/h6-7H,1-5H2,(H2,11,13)(H,12,14)(H,15,16). The molecule has 0 aromatic heterocycles. The Kier molecular flexibility index (Phi) is 4.89. The number of ether oxygens (including phenoxy) is 1. The average molecular weight is 244 g/mol. The van der Waals surface area contributed by atoms with Gasteiger partial charge in [-0.3, -0.25) is 9.59 Å². The molecule has 17 heavy (non-hydrogen) atoms. The van der Waals surface area contributed by atoms with Gasteiger partial charge in [-0.1, -0.05) is 0 Å². The highest BCUT2D eigenvalue weighted by Gasteiger charge is 2.28. The molecule has 7 nitrogen and oxygen atoms in total. The minimum Gasteiger partial charge on any atom is -0.480 e. The van der Waals surface area contributed by atoms with Gasteiger partial charge in [0.1, 0.15) is 12.1 Å². The van der Waals surface area contributed by atoms with Gasteiger partial charge in [0, 0.05) is 13.0 Å². The second-order valence-electron chi connectivity index (χ2n) is 3.91. The summed E-state index contributed by atoms with van der Waals surface area (Å²) in [6, 6.07) is -1.10. The number of nitrogens with one attached hydrogen (secondary N) is 1. The number of rotatable bonds is 6. The van der Waals surface area contributed by atoms with Crippen LogP contribution in [0.1, 0.15) is 25.7 Å². The molecule has 0 spiro atoms. The van der Waals surface area contributed by atoms with Gasteiger partial charge in [0.05, 0.1) is 0 Å². The SMILES string of the molecule is NC(=O)CCC(NC(=O)C1CCCO1)C(=O)O. The van der Waals surface area contributed by atoms with E-state index < -0.39 is 29.9 Å². The summed E-state index contributed by atoms with van der Waals surface area (Å²) in [6.07, 6.45) is 0.710. The number of amides is 2. The zero-order valence-electron chi connectivity index (χ0n) is 9.35. The van der Waals surface area contributed by atoms with Gasteiger partial charge in [0.25, 0.3) is 0 Å². The van der Waals surface area contributed by atoms with Crippen LogP contribution in [0.5, 0.6) is 0 Å². The molecule has 4 N–H and O–H groups in total. The minimum atomic E-state index is -1.18. The van der Waals surface area contributed by atoms with Crippen LogP contribution in [0.15, 0.2) is 0 Å². The van der Waals surface area contributed by atoms with Gasteiger partial charge in [-0.15, -0.1) is 0 Å². The maximum absolute atomic E-state index is 11.6. The van der Waals surface area contributed by atoms with E-state index in [1.54, 1.807) is 0 Å². The van der Waals surface area contributed by atoms with Crippen molar-refractivity contribution in [3.63, 3.8) is 0 Å². The number of hydrogen-bond donors (Lipinski definition) is 3. The van der Waals surface area contributed by atoms with Crippen LogP contribution in [-0.4, -0.2) is 41.6 Å². The Hall–Kier alpha value is -1.63. The van der Waals surface area contributed by atoms with Crippen molar-refractivity contribution in [2.75, 3.05) is 6.61 Å². The molecule has 2 unspecified atom stereocenters. The third kappa shape index (κ3) is 4.39. The molecule has 0 aliphatic carbocycles. The van der Waals surface area contributed by atoms with Crippen molar-refractivity contribution in [1.29, 1.82) is 0 Å². The molecule has 2 amide bonds. The highest BCUT2D eigenvalue weighted by atomic mass is 16.5. The van der Waals surface area contributed by atoms with Gasteiger partial charge < -0.3 is 20.9 Å². The number of nitrogens with two attached hydrogens (primary N) is 1. The van der Waals surface area contributed by atoms with Gasteiger partial charge in [0.2, 0.25) is 11.8 Å². The highest BCUT2D eigenvalue weighted by molar-refractivity contribution is 5.86. The Morgan fingerprint density at radius 3 is 2.65 bits per heavy atom. The summed E-state index contributed by atoms with van der Waals surface area (Å²) in [6.45, 7) is 0.511. The van der Waals surface area contributed by atoms with Gasteiger partial charge in [-0.05, 0) is 19.3 Å². The third-order valence-electron chi connectivity index (χ3n) is 2.52. The number of hydrogen-bond acceptors (Lipinski definition) is 4. The van der Waals surface area contributed by atoms with Crippen LogP contribution in [0.4, 0.5) is 0 Å². The van der Waals surface area contributed by atoms with Crippen LogP contribution in [0.2, 0.25) is 0 Å². The van der Waals surface area contributed by atoms with E-state index >= 15 is 0 Å². The molecule has 0 aromatic carbocycles. The maximum Gasteiger partial charge on any atom is 0.326 e. The third-order valence-corrected chi connectivity index (χ3v) is 2.52. The summed E-state index contributed by atoms with van der Waals surface area (Å²) in [5, 5.41) is 11.2. The van der Waals surface area contributed by atoms with E-state index in [1.165, 1.54) is 0 Å². The van der Waals surface area contributed by atoms with Crippen LogP contribution in [-0.2, 0) is 19.1 Å². The Morgan fingerprint density at radius 1 is 1.47 bits per heavy atom. The molecule has 96 valence electrons.